The average Bonchev–Trinajstić information content (AvgIpc) is 2.66. The first-order valence-corrected chi connectivity index (χ1v) is 5.47. The van der Waals surface area contributed by atoms with E-state index in [0.717, 1.165) is 12.1 Å². The van der Waals surface area contributed by atoms with E-state index >= 15 is 0 Å². The molecule has 1 amide bonds. The van der Waals surface area contributed by atoms with E-state index < -0.39 is 11.7 Å². The summed E-state index contributed by atoms with van der Waals surface area (Å²) in [4.78, 5) is 14.7. The summed E-state index contributed by atoms with van der Waals surface area (Å²) >= 11 is 0. The fourth-order valence-electron chi connectivity index (χ4n) is 2.26. The zero-order valence-electron chi connectivity index (χ0n) is 9.19. The average molecular weight is 254 g/mol. The van der Waals surface area contributed by atoms with E-state index in [1.165, 1.54) is 6.07 Å². The van der Waals surface area contributed by atoms with Gasteiger partial charge in [-0.05, 0) is 18.2 Å². The summed E-state index contributed by atoms with van der Waals surface area (Å²) in [5, 5.41) is 2.97. The molecule has 1 aromatic heterocycles. The molecule has 6 heteroatoms. The van der Waals surface area contributed by atoms with Crippen molar-refractivity contribution in [2.45, 2.75) is 12.6 Å². The molecule has 3 rings (SSSR count). The summed E-state index contributed by atoms with van der Waals surface area (Å²) in [7, 11) is 0. The maximum absolute atomic E-state index is 12.6. The number of hydrogen-bond acceptors (Lipinski definition) is 1. The van der Waals surface area contributed by atoms with E-state index in [0.29, 0.717) is 35.1 Å². The van der Waals surface area contributed by atoms with Gasteiger partial charge in [-0.1, -0.05) is 0 Å². The van der Waals surface area contributed by atoms with Crippen molar-refractivity contribution in [3.8, 4) is 0 Å². The van der Waals surface area contributed by atoms with Gasteiger partial charge < -0.3 is 10.3 Å². The molecule has 0 saturated carbocycles. The molecule has 1 aromatic carbocycles. The molecule has 0 spiro atoms. The molecule has 1 aliphatic rings. The number of aromatic amines is 1. The van der Waals surface area contributed by atoms with Crippen molar-refractivity contribution in [2.75, 3.05) is 6.54 Å². The molecule has 2 N–H and O–H groups in total. The van der Waals surface area contributed by atoms with Crippen molar-refractivity contribution >= 4 is 16.8 Å². The second-order valence-electron chi connectivity index (χ2n) is 4.24. The lowest BCUT2D eigenvalue weighted by molar-refractivity contribution is -0.137. The lowest BCUT2D eigenvalue weighted by atomic mass is 10.0. The summed E-state index contributed by atoms with van der Waals surface area (Å²) < 4.78 is 37.9. The fourth-order valence-corrected chi connectivity index (χ4v) is 2.26. The van der Waals surface area contributed by atoms with E-state index in [1.54, 1.807) is 0 Å². The van der Waals surface area contributed by atoms with Crippen LogP contribution < -0.4 is 5.32 Å². The topological polar surface area (TPSA) is 44.9 Å². The largest absolute Gasteiger partial charge is 0.416 e. The molecule has 0 saturated heterocycles. The van der Waals surface area contributed by atoms with Crippen molar-refractivity contribution in [1.29, 1.82) is 0 Å². The van der Waals surface area contributed by atoms with Crippen LogP contribution in [0, 0.1) is 0 Å². The maximum Gasteiger partial charge on any atom is 0.416 e. The first kappa shape index (κ1) is 11.1. The highest BCUT2D eigenvalue weighted by molar-refractivity contribution is 6.09. The zero-order valence-corrected chi connectivity index (χ0v) is 9.19. The fraction of sp³-hybridized carbons (Fsp3) is 0.250. The lowest BCUT2D eigenvalue weighted by Gasteiger charge is -2.12. The second-order valence-corrected chi connectivity index (χ2v) is 4.24. The smallest absolute Gasteiger partial charge is 0.358 e. The molecule has 1 aliphatic heterocycles. The van der Waals surface area contributed by atoms with Crippen molar-refractivity contribution < 1.29 is 18.0 Å². The molecule has 0 aliphatic carbocycles. The van der Waals surface area contributed by atoms with E-state index in [2.05, 4.69) is 10.3 Å². The molecule has 0 bridgehead atoms. The van der Waals surface area contributed by atoms with Crippen molar-refractivity contribution in [3.63, 3.8) is 0 Å². The van der Waals surface area contributed by atoms with Crippen LogP contribution >= 0.6 is 0 Å². The Morgan fingerprint density at radius 2 is 2.00 bits per heavy atom. The minimum Gasteiger partial charge on any atom is -0.358 e. The summed E-state index contributed by atoms with van der Waals surface area (Å²) in [5.41, 5.74) is 0.857. The highest BCUT2D eigenvalue weighted by Crippen LogP contribution is 2.33. The number of alkyl halides is 3. The van der Waals surface area contributed by atoms with Crippen LogP contribution in [0.1, 0.15) is 21.6 Å². The number of rotatable bonds is 0. The van der Waals surface area contributed by atoms with Gasteiger partial charge in [0.1, 0.15) is 0 Å². The molecular formula is C12H9F3N2O. The normalized spacial score (nSPS) is 15.6. The molecular weight excluding hydrogens is 245 g/mol. The van der Waals surface area contributed by atoms with Crippen LogP contribution in [-0.4, -0.2) is 17.4 Å². The van der Waals surface area contributed by atoms with Gasteiger partial charge in [-0.25, -0.2) is 0 Å². The van der Waals surface area contributed by atoms with Crippen LogP contribution in [0.3, 0.4) is 0 Å². The van der Waals surface area contributed by atoms with Gasteiger partial charge in [0, 0.05) is 29.6 Å². The standard InChI is InChI=1S/C12H9F3N2O/c13-12(14,15)6-1-2-8-7(5-6)10-9(17-8)3-4-16-11(10)18/h1-2,5,17H,3-4H2,(H,16,18). The Morgan fingerprint density at radius 3 is 2.72 bits per heavy atom. The number of H-pyrrole nitrogens is 1. The van der Waals surface area contributed by atoms with Crippen molar-refractivity contribution in [3.05, 3.63) is 35.0 Å². The Labute approximate surface area is 100.0 Å². The van der Waals surface area contributed by atoms with Crippen LogP contribution in [0.2, 0.25) is 0 Å². The number of fused-ring (bicyclic) bond motifs is 3. The van der Waals surface area contributed by atoms with Gasteiger partial charge in [0.2, 0.25) is 0 Å². The Balaban J connectivity index is 2.27. The molecule has 3 nitrogen and oxygen atoms in total. The molecule has 0 atom stereocenters. The van der Waals surface area contributed by atoms with Crippen molar-refractivity contribution in [2.24, 2.45) is 0 Å². The Bertz CT molecular complexity index is 643. The molecule has 0 unspecified atom stereocenters. The highest BCUT2D eigenvalue weighted by Gasteiger charge is 2.32. The Morgan fingerprint density at radius 1 is 1.22 bits per heavy atom. The lowest BCUT2D eigenvalue weighted by Crippen LogP contribution is -2.31. The molecule has 0 fully saturated rings. The van der Waals surface area contributed by atoms with Gasteiger partial charge in [0.15, 0.2) is 0 Å². The number of carbonyl (C=O) groups excluding carboxylic acids is 1. The zero-order chi connectivity index (χ0) is 12.9. The van der Waals surface area contributed by atoms with Crippen LogP contribution in [-0.2, 0) is 12.6 Å². The van der Waals surface area contributed by atoms with Crippen LogP contribution in [0.5, 0.6) is 0 Å². The van der Waals surface area contributed by atoms with E-state index in [1.807, 2.05) is 0 Å². The van der Waals surface area contributed by atoms with Gasteiger partial charge in [-0.3, -0.25) is 4.79 Å². The van der Waals surface area contributed by atoms with Gasteiger partial charge in [0.05, 0.1) is 11.1 Å². The van der Waals surface area contributed by atoms with Gasteiger partial charge in [0.25, 0.3) is 5.91 Å². The van der Waals surface area contributed by atoms with Crippen LogP contribution in [0.25, 0.3) is 10.9 Å². The molecule has 94 valence electrons. The number of aromatic nitrogens is 1. The number of benzene rings is 1. The number of amides is 1. The van der Waals surface area contributed by atoms with Gasteiger partial charge in [-0.15, -0.1) is 0 Å². The van der Waals surface area contributed by atoms with E-state index in [4.69, 9.17) is 0 Å². The Hall–Kier alpha value is -1.98. The molecule has 18 heavy (non-hydrogen) atoms. The first-order chi connectivity index (χ1) is 8.47. The maximum atomic E-state index is 12.6. The van der Waals surface area contributed by atoms with Crippen LogP contribution in [0.15, 0.2) is 18.2 Å². The first-order valence-electron chi connectivity index (χ1n) is 5.47. The van der Waals surface area contributed by atoms with E-state index in [-0.39, 0.29) is 5.91 Å². The third kappa shape index (κ3) is 1.56. The second kappa shape index (κ2) is 3.51. The summed E-state index contributed by atoms with van der Waals surface area (Å²) in [6.07, 6.45) is -3.79. The SMILES string of the molecule is O=C1NCCc2[nH]c3ccc(C(F)(F)F)cc3c21. The van der Waals surface area contributed by atoms with Gasteiger partial charge in [-0.2, -0.15) is 13.2 Å². The highest BCUT2D eigenvalue weighted by atomic mass is 19.4. The minimum atomic E-state index is -4.40. The molecule has 2 aromatic rings. The minimum absolute atomic E-state index is 0.318. The number of carbonyl (C=O) groups is 1. The summed E-state index contributed by atoms with van der Waals surface area (Å²) in [6, 6.07) is 3.40. The summed E-state index contributed by atoms with van der Waals surface area (Å²) in [5.74, 6) is -0.318. The van der Waals surface area contributed by atoms with E-state index in [9.17, 15) is 18.0 Å². The van der Waals surface area contributed by atoms with Crippen LogP contribution in [0.4, 0.5) is 13.2 Å². The Kier molecular flexibility index (Phi) is 2.17. The predicted octanol–water partition coefficient (Wildman–Crippen LogP) is 2.47. The molecule has 0 radical (unpaired) electrons. The quantitative estimate of drug-likeness (QED) is 0.745. The summed E-state index contributed by atoms with van der Waals surface area (Å²) in [6.45, 7) is 0.505. The third-order valence-electron chi connectivity index (χ3n) is 3.09. The number of hydrogen-bond donors (Lipinski definition) is 2. The predicted molar refractivity (Wildman–Crippen MR) is 59.3 cm³/mol. The monoisotopic (exact) mass is 254 g/mol. The molecule has 2 heterocycles. The number of halogens is 3. The number of nitrogens with one attached hydrogen (secondary N) is 2. The van der Waals surface area contributed by atoms with Gasteiger partial charge >= 0.3 is 6.18 Å². The third-order valence-corrected chi connectivity index (χ3v) is 3.09. The van der Waals surface area contributed by atoms with Crippen molar-refractivity contribution in [1.82, 2.24) is 10.3 Å².